The van der Waals surface area contributed by atoms with Crippen LogP contribution in [0.3, 0.4) is 0 Å². The quantitative estimate of drug-likeness (QED) is 0.744. The lowest BCUT2D eigenvalue weighted by Gasteiger charge is -2.36. The van der Waals surface area contributed by atoms with Crippen molar-refractivity contribution in [3.8, 4) is 23.0 Å². The van der Waals surface area contributed by atoms with E-state index in [1.807, 2.05) is 24.3 Å². The number of rotatable bonds is 3. The van der Waals surface area contributed by atoms with Gasteiger partial charge in [-0.3, -0.25) is 0 Å². The zero-order chi connectivity index (χ0) is 16.5. The van der Waals surface area contributed by atoms with E-state index < -0.39 is 0 Å². The molecule has 0 atom stereocenters. The summed E-state index contributed by atoms with van der Waals surface area (Å²) < 4.78 is 17.0. The van der Waals surface area contributed by atoms with Gasteiger partial charge in [-0.25, -0.2) is 0 Å². The smallest absolute Gasteiger partial charge is 0.134 e. The summed E-state index contributed by atoms with van der Waals surface area (Å²) >= 11 is 0. The van der Waals surface area contributed by atoms with Gasteiger partial charge in [-0.1, -0.05) is 31.4 Å². The first-order valence-corrected chi connectivity index (χ1v) is 8.84. The van der Waals surface area contributed by atoms with Crippen molar-refractivity contribution >= 4 is 0 Å². The molecule has 3 heteroatoms. The highest BCUT2D eigenvalue weighted by atomic mass is 16.5. The van der Waals surface area contributed by atoms with Gasteiger partial charge in [0.2, 0.25) is 0 Å². The van der Waals surface area contributed by atoms with Gasteiger partial charge in [-0.2, -0.15) is 0 Å². The molecule has 0 amide bonds. The minimum atomic E-state index is 0.404. The van der Waals surface area contributed by atoms with Crippen molar-refractivity contribution in [2.24, 2.45) is 5.92 Å². The van der Waals surface area contributed by atoms with Crippen LogP contribution in [0.5, 0.6) is 23.0 Å². The van der Waals surface area contributed by atoms with Crippen LogP contribution in [0.2, 0.25) is 0 Å². The van der Waals surface area contributed by atoms with E-state index >= 15 is 0 Å². The van der Waals surface area contributed by atoms with E-state index in [-0.39, 0.29) is 0 Å². The van der Waals surface area contributed by atoms with Crippen LogP contribution >= 0.6 is 0 Å². The second-order valence-corrected chi connectivity index (χ2v) is 6.79. The molecule has 1 heterocycles. The summed E-state index contributed by atoms with van der Waals surface area (Å²) in [6.45, 7) is 0. The van der Waals surface area contributed by atoms with Gasteiger partial charge in [-0.05, 0) is 30.9 Å². The van der Waals surface area contributed by atoms with Crippen LogP contribution in [0.4, 0.5) is 0 Å². The number of fused-ring (bicyclic) bond motifs is 2. The van der Waals surface area contributed by atoms with Crippen LogP contribution in [0.25, 0.3) is 0 Å². The maximum Gasteiger partial charge on any atom is 0.134 e. The third kappa shape index (κ3) is 2.62. The van der Waals surface area contributed by atoms with Gasteiger partial charge >= 0.3 is 0 Å². The zero-order valence-electron chi connectivity index (χ0n) is 14.4. The van der Waals surface area contributed by atoms with E-state index in [4.69, 9.17) is 14.2 Å². The standard InChI is InChI=1S/C21H24O3/c1-22-15-8-10-17-19(12-15)24-20-13-16(23-2)9-11-18(20)21(17)14-6-4-3-5-7-14/h8-14,21H,3-7H2,1-2H3. The van der Waals surface area contributed by atoms with Crippen LogP contribution in [-0.2, 0) is 0 Å². The van der Waals surface area contributed by atoms with Gasteiger partial charge in [0, 0.05) is 29.2 Å². The molecule has 1 aliphatic carbocycles. The Balaban J connectivity index is 1.82. The number of hydrogen-bond donors (Lipinski definition) is 0. The average molecular weight is 324 g/mol. The van der Waals surface area contributed by atoms with Crippen molar-refractivity contribution in [2.75, 3.05) is 14.2 Å². The van der Waals surface area contributed by atoms with E-state index in [2.05, 4.69) is 12.1 Å². The third-order valence-electron chi connectivity index (χ3n) is 5.45. The summed E-state index contributed by atoms with van der Waals surface area (Å²) in [4.78, 5) is 0. The molecule has 0 aromatic heterocycles. The second kappa shape index (κ2) is 6.39. The van der Waals surface area contributed by atoms with E-state index in [1.54, 1.807) is 14.2 Å². The molecule has 24 heavy (non-hydrogen) atoms. The monoisotopic (exact) mass is 324 g/mol. The van der Waals surface area contributed by atoms with Crippen LogP contribution < -0.4 is 14.2 Å². The van der Waals surface area contributed by atoms with Crippen LogP contribution in [0, 0.1) is 5.92 Å². The Morgan fingerprint density at radius 1 is 0.792 bits per heavy atom. The molecule has 0 N–H and O–H groups in total. The number of methoxy groups -OCH3 is 2. The first-order chi connectivity index (χ1) is 11.8. The lowest BCUT2D eigenvalue weighted by Crippen LogP contribution is -2.21. The molecule has 1 saturated carbocycles. The Morgan fingerprint density at radius 2 is 1.33 bits per heavy atom. The lowest BCUT2D eigenvalue weighted by atomic mass is 9.72. The molecule has 0 saturated heterocycles. The van der Waals surface area contributed by atoms with E-state index in [1.165, 1.54) is 43.2 Å². The minimum Gasteiger partial charge on any atom is -0.497 e. The van der Waals surface area contributed by atoms with Crippen molar-refractivity contribution in [2.45, 2.75) is 38.0 Å². The molecular formula is C21H24O3. The average Bonchev–Trinajstić information content (AvgIpc) is 2.65. The summed E-state index contributed by atoms with van der Waals surface area (Å²) in [6, 6.07) is 12.5. The highest BCUT2D eigenvalue weighted by Crippen LogP contribution is 2.52. The van der Waals surface area contributed by atoms with Crippen molar-refractivity contribution in [1.29, 1.82) is 0 Å². The van der Waals surface area contributed by atoms with Gasteiger partial charge in [0.05, 0.1) is 14.2 Å². The fourth-order valence-corrected chi connectivity index (χ4v) is 4.24. The molecule has 1 aliphatic heterocycles. The fourth-order valence-electron chi connectivity index (χ4n) is 4.24. The van der Waals surface area contributed by atoms with Gasteiger partial charge in [0.25, 0.3) is 0 Å². The Labute approximate surface area is 143 Å². The van der Waals surface area contributed by atoms with Crippen LogP contribution in [-0.4, -0.2) is 14.2 Å². The Bertz CT molecular complexity index is 678. The molecular weight excluding hydrogens is 300 g/mol. The Hall–Kier alpha value is -2.16. The second-order valence-electron chi connectivity index (χ2n) is 6.79. The van der Waals surface area contributed by atoms with E-state index in [9.17, 15) is 0 Å². The molecule has 126 valence electrons. The van der Waals surface area contributed by atoms with Gasteiger partial charge in [0.1, 0.15) is 23.0 Å². The first kappa shape index (κ1) is 15.4. The lowest BCUT2D eigenvalue weighted by molar-refractivity contribution is 0.307. The van der Waals surface area contributed by atoms with Gasteiger partial charge in [-0.15, -0.1) is 0 Å². The molecule has 1 fully saturated rings. The number of hydrogen-bond acceptors (Lipinski definition) is 3. The molecule has 0 unspecified atom stereocenters. The Kier molecular flexibility index (Phi) is 4.09. The summed E-state index contributed by atoms with van der Waals surface area (Å²) in [6.07, 6.45) is 6.62. The molecule has 0 radical (unpaired) electrons. The van der Waals surface area contributed by atoms with Gasteiger partial charge in [0.15, 0.2) is 0 Å². The molecule has 2 aliphatic rings. The summed E-state index contributed by atoms with van der Waals surface area (Å²) in [5.41, 5.74) is 2.58. The highest BCUT2D eigenvalue weighted by molar-refractivity contribution is 5.57. The third-order valence-corrected chi connectivity index (χ3v) is 5.45. The molecule has 2 aromatic carbocycles. The zero-order valence-corrected chi connectivity index (χ0v) is 14.4. The van der Waals surface area contributed by atoms with Crippen molar-refractivity contribution in [3.63, 3.8) is 0 Å². The van der Waals surface area contributed by atoms with Crippen LogP contribution in [0.1, 0.15) is 49.1 Å². The Morgan fingerprint density at radius 3 is 1.83 bits per heavy atom. The number of benzene rings is 2. The summed E-state index contributed by atoms with van der Waals surface area (Å²) in [5.74, 6) is 4.60. The van der Waals surface area contributed by atoms with Crippen molar-refractivity contribution in [3.05, 3.63) is 47.5 Å². The van der Waals surface area contributed by atoms with Crippen molar-refractivity contribution < 1.29 is 14.2 Å². The summed E-state index contributed by atoms with van der Waals surface area (Å²) in [7, 11) is 3.39. The molecule has 4 rings (SSSR count). The largest absolute Gasteiger partial charge is 0.497 e. The molecule has 2 aromatic rings. The maximum absolute atomic E-state index is 6.22. The number of ether oxygens (including phenoxy) is 3. The predicted octanol–water partition coefficient (Wildman–Crippen LogP) is 5.52. The summed E-state index contributed by atoms with van der Waals surface area (Å²) in [5, 5.41) is 0. The van der Waals surface area contributed by atoms with Crippen molar-refractivity contribution in [1.82, 2.24) is 0 Å². The minimum absolute atomic E-state index is 0.404. The molecule has 0 bridgehead atoms. The highest BCUT2D eigenvalue weighted by Gasteiger charge is 2.34. The predicted molar refractivity (Wildman–Crippen MR) is 94.5 cm³/mol. The normalized spacial score (nSPS) is 17.6. The SMILES string of the molecule is COc1ccc2c(c1)Oc1cc(OC)ccc1C2C1CCCCC1. The van der Waals surface area contributed by atoms with Gasteiger partial charge < -0.3 is 14.2 Å². The maximum atomic E-state index is 6.22. The fraction of sp³-hybridized carbons (Fsp3) is 0.429. The molecule has 3 nitrogen and oxygen atoms in total. The first-order valence-electron chi connectivity index (χ1n) is 8.84. The topological polar surface area (TPSA) is 27.7 Å². The van der Waals surface area contributed by atoms with E-state index in [0.29, 0.717) is 11.8 Å². The van der Waals surface area contributed by atoms with E-state index in [0.717, 1.165) is 23.0 Å². The van der Waals surface area contributed by atoms with Crippen LogP contribution in [0.15, 0.2) is 36.4 Å². The molecule has 0 spiro atoms.